The van der Waals surface area contributed by atoms with Crippen LogP contribution in [0.25, 0.3) is 16.9 Å². The lowest BCUT2D eigenvalue weighted by Gasteiger charge is -2.06. The molecule has 0 unspecified atom stereocenters. The lowest BCUT2D eigenvalue weighted by molar-refractivity contribution is 0.212. The monoisotopic (exact) mass is 395 g/mol. The standard InChI is InChI=1S/C14H10BrN3O4S/c15-10-4-5-13-17-7-12(18(13)8-10)9-2-1-3-11(6-9)23(20,21)22-14(16)19/h1-8H,(H2,16,19). The van der Waals surface area contributed by atoms with Crippen molar-refractivity contribution in [3.63, 3.8) is 0 Å². The van der Waals surface area contributed by atoms with Crippen molar-refractivity contribution in [1.29, 1.82) is 0 Å². The highest BCUT2D eigenvalue weighted by Gasteiger charge is 2.19. The number of rotatable bonds is 3. The van der Waals surface area contributed by atoms with Gasteiger partial charge in [-0.2, -0.15) is 8.42 Å². The molecular formula is C14H10BrN3O4S. The second kappa shape index (κ2) is 5.67. The number of pyridine rings is 1. The van der Waals surface area contributed by atoms with Gasteiger partial charge in [-0.25, -0.2) is 9.78 Å². The third-order valence-electron chi connectivity index (χ3n) is 3.08. The van der Waals surface area contributed by atoms with Crippen molar-refractivity contribution in [3.8, 4) is 11.3 Å². The first kappa shape index (κ1) is 15.5. The Balaban J connectivity index is 2.12. The second-order valence-corrected chi connectivity index (χ2v) is 7.07. The molecule has 118 valence electrons. The van der Waals surface area contributed by atoms with Crippen molar-refractivity contribution in [3.05, 3.63) is 53.3 Å². The van der Waals surface area contributed by atoms with Crippen LogP contribution < -0.4 is 5.73 Å². The highest BCUT2D eigenvalue weighted by Crippen LogP contribution is 2.25. The zero-order valence-corrected chi connectivity index (χ0v) is 13.9. The highest BCUT2D eigenvalue weighted by atomic mass is 79.9. The summed E-state index contributed by atoms with van der Waals surface area (Å²) < 4.78 is 30.7. The van der Waals surface area contributed by atoms with Gasteiger partial charge in [0.05, 0.1) is 11.9 Å². The third-order valence-corrected chi connectivity index (χ3v) is 4.76. The van der Waals surface area contributed by atoms with E-state index in [1.807, 2.05) is 22.7 Å². The number of benzene rings is 1. The third kappa shape index (κ3) is 3.06. The van der Waals surface area contributed by atoms with Crippen molar-refractivity contribution in [2.24, 2.45) is 5.73 Å². The molecule has 3 rings (SSSR count). The first-order chi connectivity index (χ1) is 10.9. The van der Waals surface area contributed by atoms with Crippen LogP contribution in [0.1, 0.15) is 0 Å². The minimum absolute atomic E-state index is 0.168. The van der Waals surface area contributed by atoms with E-state index in [1.54, 1.807) is 18.3 Å². The van der Waals surface area contributed by atoms with E-state index in [2.05, 4.69) is 25.1 Å². The zero-order valence-electron chi connectivity index (χ0n) is 11.5. The van der Waals surface area contributed by atoms with Gasteiger partial charge in [-0.1, -0.05) is 12.1 Å². The first-order valence-corrected chi connectivity index (χ1v) is 8.54. The fourth-order valence-electron chi connectivity index (χ4n) is 2.14. The van der Waals surface area contributed by atoms with E-state index in [0.29, 0.717) is 16.9 Å². The number of carbonyl (C=O) groups is 1. The van der Waals surface area contributed by atoms with E-state index >= 15 is 0 Å². The Morgan fingerprint density at radius 3 is 2.78 bits per heavy atom. The summed E-state index contributed by atoms with van der Waals surface area (Å²) in [7, 11) is -4.25. The molecule has 0 aliphatic rings. The highest BCUT2D eigenvalue weighted by molar-refractivity contribution is 9.10. The maximum absolute atomic E-state index is 11.9. The lowest BCUT2D eigenvalue weighted by atomic mass is 10.2. The number of carbonyl (C=O) groups excluding carboxylic acids is 1. The Hall–Kier alpha value is -2.39. The second-order valence-electron chi connectivity index (χ2n) is 4.60. The number of halogens is 1. The van der Waals surface area contributed by atoms with E-state index in [4.69, 9.17) is 5.73 Å². The predicted octanol–water partition coefficient (Wildman–Crippen LogP) is 2.55. The maximum Gasteiger partial charge on any atom is 0.420 e. The summed E-state index contributed by atoms with van der Waals surface area (Å²) in [5.74, 6) is 0. The first-order valence-electron chi connectivity index (χ1n) is 6.34. The van der Waals surface area contributed by atoms with Crippen molar-refractivity contribution < 1.29 is 17.4 Å². The molecule has 2 aromatic heterocycles. The number of nitrogens with two attached hydrogens (primary N) is 1. The molecule has 1 amide bonds. The number of amides is 1. The van der Waals surface area contributed by atoms with E-state index in [1.165, 1.54) is 12.1 Å². The van der Waals surface area contributed by atoms with Crippen LogP contribution in [0.4, 0.5) is 4.79 Å². The minimum atomic E-state index is -4.25. The summed E-state index contributed by atoms with van der Waals surface area (Å²) in [5, 5.41) is 0. The zero-order chi connectivity index (χ0) is 16.6. The van der Waals surface area contributed by atoms with Gasteiger partial charge in [-0.05, 0) is 40.2 Å². The summed E-state index contributed by atoms with van der Waals surface area (Å²) in [6.45, 7) is 0. The molecule has 9 heteroatoms. The normalized spacial score (nSPS) is 11.5. The number of aromatic nitrogens is 2. The Morgan fingerprint density at radius 2 is 2.04 bits per heavy atom. The van der Waals surface area contributed by atoms with Crippen LogP contribution >= 0.6 is 15.9 Å². The van der Waals surface area contributed by atoms with Crippen molar-refractivity contribution in [2.75, 3.05) is 0 Å². The Kier molecular flexibility index (Phi) is 3.82. The molecule has 0 fully saturated rings. The van der Waals surface area contributed by atoms with E-state index in [9.17, 15) is 13.2 Å². The van der Waals surface area contributed by atoms with Crippen LogP contribution in [-0.4, -0.2) is 23.9 Å². The molecule has 7 nitrogen and oxygen atoms in total. The molecule has 0 spiro atoms. The average molecular weight is 396 g/mol. The molecule has 0 aliphatic carbocycles. The SMILES string of the molecule is NC(=O)OS(=O)(=O)c1cccc(-c2cnc3ccc(Br)cn23)c1. The molecule has 0 atom stereocenters. The maximum atomic E-state index is 11.9. The van der Waals surface area contributed by atoms with Gasteiger partial charge in [0.1, 0.15) is 10.5 Å². The van der Waals surface area contributed by atoms with Gasteiger partial charge in [0.2, 0.25) is 0 Å². The molecule has 2 heterocycles. The number of hydrogen-bond acceptors (Lipinski definition) is 5. The molecule has 0 radical (unpaired) electrons. The molecule has 3 aromatic rings. The van der Waals surface area contributed by atoms with Crippen LogP contribution in [0.3, 0.4) is 0 Å². The Labute approximate surface area is 140 Å². The molecule has 0 aliphatic heterocycles. The number of nitrogens with zero attached hydrogens (tertiary/aromatic N) is 2. The van der Waals surface area contributed by atoms with E-state index in [-0.39, 0.29) is 4.90 Å². The van der Waals surface area contributed by atoms with Crippen LogP contribution in [0, 0.1) is 0 Å². The Bertz CT molecular complexity index is 1010. The van der Waals surface area contributed by atoms with Gasteiger partial charge < -0.3 is 9.92 Å². The topological polar surface area (TPSA) is 104 Å². The molecular weight excluding hydrogens is 386 g/mol. The summed E-state index contributed by atoms with van der Waals surface area (Å²) in [5.41, 5.74) is 6.79. The van der Waals surface area contributed by atoms with Crippen molar-refractivity contribution >= 4 is 37.8 Å². The van der Waals surface area contributed by atoms with E-state index in [0.717, 1.165) is 4.47 Å². The van der Waals surface area contributed by atoms with Crippen LogP contribution in [0.5, 0.6) is 0 Å². The predicted molar refractivity (Wildman–Crippen MR) is 86.2 cm³/mol. The summed E-state index contributed by atoms with van der Waals surface area (Å²) in [6.07, 6.45) is 2.07. The molecule has 23 heavy (non-hydrogen) atoms. The fourth-order valence-corrected chi connectivity index (χ4v) is 3.30. The van der Waals surface area contributed by atoms with Gasteiger partial charge in [-0.3, -0.25) is 4.40 Å². The molecule has 0 bridgehead atoms. The Morgan fingerprint density at radius 1 is 1.26 bits per heavy atom. The quantitative estimate of drug-likeness (QED) is 0.686. The lowest BCUT2D eigenvalue weighted by Crippen LogP contribution is -2.18. The summed E-state index contributed by atoms with van der Waals surface area (Å²) in [4.78, 5) is 14.8. The van der Waals surface area contributed by atoms with Crippen molar-refractivity contribution in [2.45, 2.75) is 4.90 Å². The molecule has 1 aromatic carbocycles. The number of primary amides is 1. The summed E-state index contributed by atoms with van der Waals surface area (Å²) in [6, 6.07) is 9.67. The van der Waals surface area contributed by atoms with Gasteiger partial charge in [0.25, 0.3) is 0 Å². The van der Waals surface area contributed by atoms with Crippen LogP contribution in [0.2, 0.25) is 0 Å². The van der Waals surface area contributed by atoms with Crippen LogP contribution in [0.15, 0.2) is 58.2 Å². The van der Waals surface area contributed by atoms with E-state index < -0.39 is 16.2 Å². The number of imidazole rings is 1. The fraction of sp³-hybridized carbons (Fsp3) is 0. The number of fused-ring (bicyclic) bond motifs is 1. The largest absolute Gasteiger partial charge is 0.420 e. The molecule has 2 N–H and O–H groups in total. The van der Waals surface area contributed by atoms with Crippen molar-refractivity contribution in [1.82, 2.24) is 9.38 Å². The average Bonchev–Trinajstić information content (AvgIpc) is 2.89. The van der Waals surface area contributed by atoms with Gasteiger partial charge in [0, 0.05) is 16.2 Å². The minimum Gasteiger partial charge on any atom is -0.334 e. The number of hydrogen-bond donors (Lipinski definition) is 1. The van der Waals surface area contributed by atoms with Crippen LogP contribution in [-0.2, 0) is 14.3 Å². The molecule has 0 saturated carbocycles. The smallest absolute Gasteiger partial charge is 0.334 e. The van der Waals surface area contributed by atoms with Gasteiger partial charge in [-0.15, -0.1) is 0 Å². The van der Waals surface area contributed by atoms with Gasteiger partial charge >= 0.3 is 16.2 Å². The van der Waals surface area contributed by atoms with Gasteiger partial charge in [0.15, 0.2) is 0 Å². The molecule has 0 saturated heterocycles. The summed E-state index contributed by atoms with van der Waals surface area (Å²) >= 11 is 3.38.